The van der Waals surface area contributed by atoms with Gasteiger partial charge in [-0.3, -0.25) is 9.98 Å². The Morgan fingerprint density at radius 2 is 2.10 bits per heavy atom. The smallest absolute Gasteiger partial charge is 0.145 e. The Bertz CT molecular complexity index is 1030. The second kappa shape index (κ2) is 8.08. The lowest BCUT2D eigenvalue weighted by molar-refractivity contribution is 0.277. The number of aromatic amines is 1. The molecular weight excluding hydrogens is 384 g/mol. The Morgan fingerprint density at radius 1 is 1.21 bits per heavy atom. The van der Waals surface area contributed by atoms with Crippen molar-refractivity contribution in [2.45, 2.75) is 37.8 Å². The first-order chi connectivity index (χ1) is 14.3. The van der Waals surface area contributed by atoms with Gasteiger partial charge in [-0.2, -0.15) is 0 Å². The third kappa shape index (κ3) is 3.97. The van der Waals surface area contributed by atoms with Crippen molar-refractivity contribution < 1.29 is 9.84 Å². The fourth-order valence-electron chi connectivity index (χ4n) is 3.99. The summed E-state index contributed by atoms with van der Waals surface area (Å²) in [5.74, 6) is 2.32. The number of hydrogen-bond acceptors (Lipinski definition) is 6. The van der Waals surface area contributed by atoms with Crippen LogP contribution < -0.4 is 10.1 Å². The molecule has 0 saturated heterocycles. The number of aliphatic hydroxyl groups is 1. The van der Waals surface area contributed by atoms with Crippen LogP contribution in [0.5, 0.6) is 11.5 Å². The lowest BCUT2D eigenvalue weighted by atomic mass is 10.1. The number of nitrogens with one attached hydrogen (secondary N) is 2. The Balaban J connectivity index is 1.52. The summed E-state index contributed by atoms with van der Waals surface area (Å²) in [7, 11) is 0. The van der Waals surface area contributed by atoms with E-state index in [4.69, 9.17) is 4.74 Å². The molecule has 1 fully saturated rings. The summed E-state index contributed by atoms with van der Waals surface area (Å²) in [5, 5.41) is 15.1. The van der Waals surface area contributed by atoms with Crippen LogP contribution >= 0.6 is 11.8 Å². The molecule has 1 aliphatic heterocycles. The highest BCUT2D eigenvalue weighted by atomic mass is 32.2. The average Bonchev–Trinajstić information content (AvgIpc) is 3.49. The number of benzene rings is 1. The third-order valence-corrected chi connectivity index (χ3v) is 6.59. The molecular formula is C22H24N4O2S. The summed E-state index contributed by atoms with van der Waals surface area (Å²) in [5.41, 5.74) is 3.12. The fourth-order valence-corrected chi connectivity index (χ4v) is 5.01. The molecule has 5 rings (SSSR count). The third-order valence-electron chi connectivity index (χ3n) is 5.44. The number of anilines is 1. The first kappa shape index (κ1) is 18.5. The van der Waals surface area contributed by atoms with Gasteiger partial charge < -0.3 is 20.1 Å². The molecule has 2 aromatic heterocycles. The number of aliphatic imine (C=N–C) groups is 1. The van der Waals surface area contributed by atoms with E-state index in [1.807, 2.05) is 18.2 Å². The minimum absolute atomic E-state index is 0.0121. The number of thioether (sulfide) groups is 1. The standard InChI is InChI=1S/C22H24N4O2S/c27-12-16-13-29-22(25-16)20-9-14-8-18(28-17-6-3-7-23-11-17)10-19(21(14)26-20)24-15-4-1-2-5-15/h3,6-11,15-16,24,26-27H,1-2,4-5,12-13H2/t16-/m1/s1. The molecule has 0 amide bonds. The maximum atomic E-state index is 9.39. The van der Waals surface area contributed by atoms with E-state index in [9.17, 15) is 5.11 Å². The van der Waals surface area contributed by atoms with E-state index < -0.39 is 0 Å². The highest BCUT2D eigenvalue weighted by Gasteiger charge is 2.22. The van der Waals surface area contributed by atoms with Crippen molar-refractivity contribution in [3.05, 3.63) is 48.4 Å². The van der Waals surface area contributed by atoms with E-state index >= 15 is 0 Å². The van der Waals surface area contributed by atoms with Crippen LogP contribution in [-0.2, 0) is 0 Å². The van der Waals surface area contributed by atoms with Crippen LogP contribution in [-0.4, -0.2) is 44.6 Å². The zero-order valence-electron chi connectivity index (χ0n) is 16.1. The van der Waals surface area contributed by atoms with E-state index in [1.165, 1.54) is 25.7 Å². The van der Waals surface area contributed by atoms with E-state index in [0.717, 1.165) is 44.6 Å². The molecule has 0 radical (unpaired) electrons. The number of fused-ring (bicyclic) bond motifs is 1. The molecule has 2 aliphatic rings. The normalized spacial score (nSPS) is 19.6. The quantitative estimate of drug-likeness (QED) is 0.557. The van der Waals surface area contributed by atoms with Gasteiger partial charge in [0.15, 0.2) is 0 Å². The zero-order chi connectivity index (χ0) is 19.6. The number of H-pyrrole nitrogens is 1. The minimum Gasteiger partial charge on any atom is -0.456 e. The van der Waals surface area contributed by atoms with Crippen molar-refractivity contribution in [1.29, 1.82) is 0 Å². The highest BCUT2D eigenvalue weighted by molar-refractivity contribution is 8.14. The van der Waals surface area contributed by atoms with Crippen molar-refractivity contribution in [3.8, 4) is 11.5 Å². The Morgan fingerprint density at radius 3 is 2.86 bits per heavy atom. The summed E-state index contributed by atoms with van der Waals surface area (Å²) in [4.78, 5) is 12.3. The Kier molecular flexibility index (Phi) is 5.16. The first-order valence-corrected chi connectivity index (χ1v) is 11.1. The van der Waals surface area contributed by atoms with Crippen LogP contribution in [0.2, 0.25) is 0 Å². The molecule has 150 valence electrons. The van der Waals surface area contributed by atoms with Gasteiger partial charge >= 0.3 is 0 Å². The van der Waals surface area contributed by atoms with Gasteiger partial charge in [-0.25, -0.2) is 0 Å². The minimum atomic E-state index is -0.0121. The van der Waals surface area contributed by atoms with Crippen molar-refractivity contribution in [2.24, 2.45) is 4.99 Å². The second-order valence-corrected chi connectivity index (χ2v) is 8.62. The van der Waals surface area contributed by atoms with Gasteiger partial charge in [0.25, 0.3) is 0 Å². The van der Waals surface area contributed by atoms with E-state index in [-0.39, 0.29) is 12.6 Å². The van der Waals surface area contributed by atoms with Crippen LogP contribution in [0.4, 0.5) is 5.69 Å². The summed E-state index contributed by atoms with van der Waals surface area (Å²) >= 11 is 1.69. The predicted molar refractivity (Wildman–Crippen MR) is 118 cm³/mol. The summed E-state index contributed by atoms with van der Waals surface area (Å²) in [6, 6.07) is 10.5. The molecule has 1 aliphatic carbocycles. The van der Waals surface area contributed by atoms with Crippen LogP contribution in [0, 0.1) is 0 Å². The Hall–Kier alpha value is -2.51. The van der Waals surface area contributed by atoms with Gasteiger partial charge in [-0.15, -0.1) is 11.8 Å². The molecule has 3 heterocycles. The fraction of sp³-hybridized carbons (Fsp3) is 0.364. The monoisotopic (exact) mass is 408 g/mol. The van der Waals surface area contributed by atoms with Crippen molar-refractivity contribution in [2.75, 3.05) is 17.7 Å². The largest absolute Gasteiger partial charge is 0.456 e. The molecule has 0 unspecified atom stereocenters. The molecule has 29 heavy (non-hydrogen) atoms. The van der Waals surface area contributed by atoms with E-state index in [2.05, 4.69) is 32.4 Å². The second-order valence-electron chi connectivity index (χ2n) is 7.62. The molecule has 1 saturated carbocycles. The molecule has 3 N–H and O–H groups in total. The van der Waals surface area contributed by atoms with Gasteiger partial charge in [-0.05, 0) is 37.1 Å². The maximum absolute atomic E-state index is 9.39. The number of rotatable bonds is 6. The SMILES string of the molecule is OC[C@@H]1CSC(c2cc3cc(Oc4cccnc4)cc(NC4CCCC4)c3[nH]2)=N1. The predicted octanol–water partition coefficient (Wildman–Crippen LogP) is 4.56. The summed E-state index contributed by atoms with van der Waals surface area (Å²) in [6.45, 7) is 0.0916. The average molecular weight is 409 g/mol. The van der Waals surface area contributed by atoms with Crippen LogP contribution in [0.3, 0.4) is 0 Å². The van der Waals surface area contributed by atoms with Gasteiger partial charge in [0.1, 0.15) is 16.5 Å². The lowest BCUT2D eigenvalue weighted by Gasteiger charge is -2.16. The van der Waals surface area contributed by atoms with Crippen molar-refractivity contribution in [1.82, 2.24) is 9.97 Å². The number of aromatic nitrogens is 2. The van der Waals surface area contributed by atoms with Gasteiger partial charge in [0.2, 0.25) is 0 Å². The first-order valence-electron chi connectivity index (χ1n) is 10.1. The van der Waals surface area contributed by atoms with Crippen LogP contribution in [0.25, 0.3) is 10.9 Å². The molecule has 0 spiro atoms. The summed E-state index contributed by atoms with van der Waals surface area (Å²) in [6.07, 6.45) is 8.40. The van der Waals surface area contributed by atoms with Crippen LogP contribution in [0.1, 0.15) is 31.4 Å². The van der Waals surface area contributed by atoms with E-state index in [0.29, 0.717) is 6.04 Å². The van der Waals surface area contributed by atoms with Gasteiger partial charge in [0.05, 0.1) is 35.7 Å². The molecule has 6 nitrogen and oxygen atoms in total. The van der Waals surface area contributed by atoms with Gasteiger partial charge in [0, 0.05) is 29.4 Å². The van der Waals surface area contributed by atoms with Crippen molar-refractivity contribution >= 4 is 33.4 Å². The molecule has 1 atom stereocenters. The number of aliphatic hydroxyl groups excluding tert-OH is 1. The molecule has 7 heteroatoms. The topological polar surface area (TPSA) is 82.5 Å². The van der Waals surface area contributed by atoms with Crippen LogP contribution in [0.15, 0.2) is 47.7 Å². The number of hydrogen-bond donors (Lipinski definition) is 3. The Labute approximate surface area is 173 Å². The number of nitrogens with zero attached hydrogens (tertiary/aromatic N) is 2. The molecule has 3 aromatic rings. The van der Waals surface area contributed by atoms with Gasteiger partial charge in [-0.1, -0.05) is 12.8 Å². The molecule has 1 aromatic carbocycles. The number of pyridine rings is 1. The maximum Gasteiger partial charge on any atom is 0.145 e. The molecule has 0 bridgehead atoms. The zero-order valence-corrected chi connectivity index (χ0v) is 16.9. The van der Waals surface area contributed by atoms with Crippen molar-refractivity contribution in [3.63, 3.8) is 0 Å². The number of ether oxygens (including phenoxy) is 1. The lowest BCUT2D eigenvalue weighted by Crippen LogP contribution is -2.14. The summed E-state index contributed by atoms with van der Waals surface area (Å²) < 4.78 is 6.08. The highest BCUT2D eigenvalue weighted by Crippen LogP contribution is 2.35. The van der Waals surface area contributed by atoms with E-state index in [1.54, 1.807) is 24.2 Å².